The lowest BCUT2D eigenvalue weighted by molar-refractivity contribution is 1.24. The fourth-order valence-electron chi connectivity index (χ4n) is 0.589. The predicted octanol–water partition coefficient (Wildman–Crippen LogP) is 0.491. The van der Waals surface area contributed by atoms with Gasteiger partial charge in [0.1, 0.15) is 0 Å². The average Bonchev–Trinajstić information content (AvgIpc) is 1.76. The Hall–Kier alpha value is -0.0431. The van der Waals surface area contributed by atoms with Crippen molar-refractivity contribution in [1.29, 1.82) is 0 Å². The van der Waals surface area contributed by atoms with Crippen LogP contribution in [0.1, 0.15) is 6.42 Å². The zero-order valence-corrected chi connectivity index (χ0v) is 4.69. The van der Waals surface area contributed by atoms with Gasteiger partial charge in [0, 0.05) is 9.52 Å². The molecule has 0 saturated carbocycles. The van der Waals surface area contributed by atoms with Crippen LogP contribution in [-0.2, 0) is 0 Å². The Bertz CT molecular complexity index is 41.6. The lowest BCUT2D eigenvalue weighted by atomic mass is 10.5. The first-order valence-electron chi connectivity index (χ1n) is 2.15. The van der Waals surface area contributed by atoms with Gasteiger partial charge in [0.15, 0.2) is 0 Å². The molecule has 0 aromatic rings. The second-order valence-electron chi connectivity index (χ2n) is 1.40. The van der Waals surface area contributed by atoms with E-state index in [2.05, 4.69) is 11.8 Å². The third-order valence-electron chi connectivity index (χ3n) is 0.908. The van der Waals surface area contributed by atoms with E-state index in [4.69, 9.17) is 0 Å². The van der Waals surface area contributed by atoms with Crippen molar-refractivity contribution in [1.82, 2.24) is 0 Å². The summed E-state index contributed by atoms with van der Waals surface area (Å²) in [5.41, 5.74) is 2.38. The molecular weight excluding hydrogens is 76.1 g/mol. The number of allylic oxidation sites excluding steroid dienone is 1. The second-order valence-corrected chi connectivity index (χ2v) is 3.16. The monoisotopic (exact) mass is 84.0 g/mol. The zero-order chi connectivity index (χ0) is 3.54. The van der Waals surface area contributed by atoms with Crippen molar-refractivity contribution < 1.29 is 0 Å². The van der Waals surface area contributed by atoms with Gasteiger partial charge in [-0.2, -0.15) is 0 Å². The molecule has 0 aliphatic carbocycles. The average molecular weight is 84.2 g/mol. The molecule has 0 atom stereocenters. The molecule has 0 amide bonds. The van der Waals surface area contributed by atoms with Crippen molar-refractivity contribution in [3.8, 4) is 0 Å². The molecule has 1 aliphatic heterocycles. The lowest BCUT2D eigenvalue weighted by Gasteiger charge is -1.67. The first-order valence-corrected chi connectivity index (χ1v) is 3.97. The van der Waals surface area contributed by atoms with Gasteiger partial charge in [0.05, 0.1) is 0 Å². The summed E-state index contributed by atoms with van der Waals surface area (Å²) in [5.74, 6) is 0. The summed E-state index contributed by atoms with van der Waals surface area (Å²) in [5, 5.41) is 0. The molecule has 0 spiro atoms. The van der Waals surface area contributed by atoms with Gasteiger partial charge in [-0.15, -0.1) is 5.70 Å². The highest BCUT2D eigenvalue weighted by molar-refractivity contribution is 6.43. The molecule has 0 saturated heterocycles. The standard InChI is InChI=1S/C4H8Si/c1-2-4-5-3-1/h1,3H,2,4-5H2. The maximum Gasteiger partial charge on any atom is 0.0453 e. The fourth-order valence-corrected chi connectivity index (χ4v) is 1.77. The number of rotatable bonds is 0. The van der Waals surface area contributed by atoms with E-state index in [9.17, 15) is 0 Å². The summed E-state index contributed by atoms with van der Waals surface area (Å²) in [4.78, 5) is 0. The zero-order valence-electron chi connectivity index (χ0n) is 3.28. The number of hydrogen-bond donors (Lipinski definition) is 0. The van der Waals surface area contributed by atoms with E-state index in [0.29, 0.717) is 9.52 Å². The Morgan fingerprint density at radius 2 is 2.60 bits per heavy atom. The van der Waals surface area contributed by atoms with E-state index in [-0.39, 0.29) is 0 Å². The quantitative estimate of drug-likeness (QED) is 0.375. The Morgan fingerprint density at radius 3 is 2.80 bits per heavy atom. The predicted molar refractivity (Wildman–Crippen MR) is 27.1 cm³/mol. The van der Waals surface area contributed by atoms with Crippen molar-refractivity contribution in [3.63, 3.8) is 0 Å². The molecule has 0 N–H and O–H groups in total. The van der Waals surface area contributed by atoms with Gasteiger partial charge < -0.3 is 0 Å². The summed E-state index contributed by atoms with van der Waals surface area (Å²) < 4.78 is 0. The molecule has 28 valence electrons. The van der Waals surface area contributed by atoms with Crippen LogP contribution in [0.15, 0.2) is 11.8 Å². The van der Waals surface area contributed by atoms with E-state index >= 15 is 0 Å². The number of hydrogen-bond acceptors (Lipinski definition) is 0. The van der Waals surface area contributed by atoms with Gasteiger partial charge in [0.25, 0.3) is 0 Å². The van der Waals surface area contributed by atoms with Crippen LogP contribution < -0.4 is 0 Å². The Labute approximate surface area is 34.7 Å². The van der Waals surface area contributed by atoms with E-state index in [1.54, 1.807) is 0 Å². The summed E-state index contributed by atoms with van der Waals surface area (Å²) in [6.45, 7) is 0. The lowest BCUT2D eigenvalue weighted by Crippen LogP contribution is -1.67. The molecule has 0 aromatic carbocycles. The van der Waals surface area contributed by atoms with Gasteiger partial charge in [-0.05, 0) is 6.42 Å². The fraction of sp³-hybridized carbons (Fsp3) is 0.500. The van der Waals surface area contributed by atoms with E-state index in [1.807, 2.05) is 0 Å². The first kappa shape index (κ1) is 3.16. The summed E-state index contributed by atoms with van der Waals surface area (Å²) in [6, 6.07) is 1.53. The van der Waals surface area contributed by atoms with E-state index in [1.165, 1.54) is 12.5 Å². The van der Waals surface area contributed by atoms with Crippen molar-refractivity contribution in [2.45, 2.75) is 12.5 Å². The van der Waals surface area contributed by atoms with Crippen LogP contribution in [0.3, 0.4) is 0 Å². The van der Waals surface area contributed by atoms with Crippen LogP contribution in [0.2, 0.25) is 6.04 Å². The third-order valence-corrected chi connectivity index (χ3v) is 2.39. The molecular formula is C4H8Si. The summed E-state index contributed by atoms with van der Waals surface area (Å²) in [7, 11) is 0.363. The van der Waals surface area contributed by atoms with E-state index in [0.717, 1.165) is 0 Å². The Morgan fingerprint density at radius 1 is 1.60 bits per heavy atom. The largest absolute Gasteiger partial charge is 0.105 e. The molecule has 0 radical (unpaired) electrons. The van der Waals surface area contributed by atoms with E-state index < -0.39 is 0 Å². The Kier molecular flexibility index (Phi) is 0.889. The molecule has 0 aromatic heterocycles. The highest BCUT2D eigenvalue weighted by Gasteiger charge is 1.86. The van der Waals surface area contributed by atoms with Gasteiger partial charge in [0.2, 0.25) is 0 Å². The van der Waals surface area contributed by atoms with Crippen LogP contribution in [0, 0.1) is 0 Å². The van der Waals surface area contributed by atoms with Crippen molar-refractivity contribution in [3.05, 3.63) is 11.8 Å². The molecule has 0 bridgehead atoms. The molecule has 1 heterocycles. The van der Waals surface area contributed by atoms with Gasteiger partial charge >= 0.3 is 0 Å². The van der Waals surface area contributed by atoms with Crippen LogP contribution in [0.4, 0.5) is 0 Å². The minimum atomic E-state index is 0.363. The molecule has 0 fully saturated rings. The van der Waals surface area contributed by atoms with Crippen molar-refractivity contribution in [2.24, 2.45) is 0 Å². The maximum atomic E-state index is 2.38. The van der Waals surface area contributed by atoms with Crippen LogP contribution in [0.25, 0.3) is 0 Å². The maximum absolute atomic E-state index is 2.38. The summed E-state index contributed by atoms with van der Waals surface area (Å²) >= 11 is 0. The van der Waals surface area contributed by atoms with Crippen LogP contribution in [-0.4, -0.2) is 9.52 Å². The Balaban J connectivity index is 2.32. The summed E-state index contributed by atoms with van der Waals surface area (Å²) in [6.07, 6.45) is 3.68. The minimum absolute atomic E-state index is 0.363. The third kappa shape index (κ3) is 0.617. The van der Waals surface area contributed by atoms with Gasteiger partial charge in [-0.3, -0.25) is 0 Å². The van der Waals surface area contributed by atoms with Crippen LogP contribution in [0.5, 0.6) is 0 Å². The normalized spacial score (nSPS) is 25.6. The highest BCUT2D eigenvalue weighted by Crippen LogP contribution is 1.97. The van der Waals surface area contributed by atoms with Crippen LogP contribution >= 0.6 is 0 Å². The highest BCUT2D eigenvalue weighted by atomic mass is 28.2. The first-order chi connectivity index (χ1) is 2.50. The molecule has 1 heteroatoms. The van der Waals surface area contributed by atoms with Gasteiger partial charge in [-0.1, -0.05) is 12.1 Å². The molecule has 1 aliphatic rings. The topological polar surface area (TPSA) is 0 Å². The molecule has 1 rings (SSSR count). The second kappa shape index (κ2) is 1.41. The van der Waals surface area contributed by atoms with Crippen molar-refractivity contribution >= 4 is 9.52 Å². The minimum Gasteiger partial charge on any atom is -0.105 e. The smallest absolute Gasteiger partial charge is 0.0453 e. The molecule has 0 nitrogen and oxygen atoms in total. The molecule has 0 unspecified atom stereocenters. The van der Waals surface area contributed by atoms with Crippen molar-refractivity contribution in [2.75, 3.05) is 0 Å². The van der Waals surface area contributed by atoms with Gasteiger partial charge in [-0.25, -0.2) is 0 Å². The molecule has 5 heavy (non-hydrogen) atoms. The SMILES string of the molecule is C1=C[SiH2]CC1.